The Morgan fingerprint density at radius 3 is 2.87 bits per heavy atom. The number of aliphatic hydroxyl groups excluding tert-OH is 1. The number of benzene rings is 1. The van der Waals surface area contributed by atoms with Crippen molar-refractivity contribution in [2.75, 3.05) is 6.61 Å². The highest BCUT2D eigenvalue weighted by Gasteiger charge is 2.20. The second kappa shape index (κ2) is 5.26. The van der Waals surface area contributed by atoms with Gasteiger partial charge in [0.25, 0.3) is 0 Å². The number of hydrogen-bond acceptors (Lipinski definition) is 3. The first kappa shape index (κ1) is 10.6. The second-order valence-electron chi connectivity index (χ2n) is 3.78. The SMILES string of the molecule is OC1CCOC(OCc2ccccc2)C1. The van der Waals surface area contributed by atoms with Crippen LogP contribution in [-0.4, -0.2) is 24.1 Å². The van der Waals surface area contributed by atoms with Gasteiger partial charge in [-0.05, 0) is 12.0 Å². The fraction of sp³-hybridized carbons (Fsp3) is 0.500. The summed E-state index contributed by atoms with van der Waals surface area (Å²) in [5.41, 5.74) is 1.13. The molecule has 15 heavy (non-hydrogen) atoms. The van der Waals surface area contributed by atoms with E-state index < -0.39 is 0 Å². The van der Waals surface area contributed by atoms with Crippen LogP contribution in [0.4, 0.5) is 0 Å². The van der Waals surface area contributed by atoms with Crippen LogP contribution in [0.1, 0.15) is 18.4 Å². The quantitative estimate of drug-likeness (QED) is 0.821. The molecule has 2 rings (SSSR count). The summed E-state index contributed by atoms with van der Waals surface area (Å²) in [6.07, 6.45) is 0.756. The van der Waals surface area contributed by atoms with Crippen molar-refractivity contribution in [3.8, 4) is 0 Å². The summed E-state index contributed by atoms with van der Waals surface area (Å²) in [5.74, 6) is 0. The molecular formula is C12H16O3. The molecule has 1 aliphatic heterocycles. The van der Waals surface area contributed by atoms with Crippen molar-refractivity contribution in [1.82, 2.24) is 0 Å². The molecule has 3 nitrogen and oxygen atoms in total. The molecular weight excluding hydrogens is 192 g/mol. The minimum atomic E-state index is -0.278. The molecule has 1 aliphatic rings. The van der Waals surface area contributed by atoms with Crippen molar-refractivity contribution in [1.29, 1.82) is 0 Å². The van der Waals surface area contributed by atoms with Gasteiger partial charge in [-0.25, -0.2) is 0 Å². The lowest BCUT2D eigenvalue weighted by Crippen LogP contribution is -2.30. The van der Waals surface area contributed by atoms with Gasteiger partial charge in [0.15, 0.2) is 6.29 Å². The monoisotopic (exact) mass is 208 g/mol. The van der Waals surface area contributed by atoms with E-state index >= 15 is 0 Å². The highest BCUT2D eigenvalue weighted by atomic mass is 16.7. The van der Waals surface area contributed by atoms with Gasteiger partial charge in [-0.15, -0.1) is 0 Å². The van der Waals surface area contributed by atoms with Crippen LogP contribution in [0.25, 0.3) is 0 Å². The highest BCUT2D eigenvalue weighted by Crippen LogP contribution is 2.16. The van der Waals surface area contributed by atoms with E-state index in [9.17, 15) is 5.11 Å². The third-order valence-corrected chi connectivity index (χ3v) is 2.50. The predicted octanol–water partition coefficient (Wildman–Crippen LogP) is 1.70. The van der Waals surface area contributed by atoms with E-state index in [4.69, 9.17) is 9.47 Å². The van der Waals surface area contributed by atoms with Gasteiger partial charge in [0.2, 0.25) is 0 Å². The van der Waals surface area contributed by atoms with Gasteiger partial charge in [0.1, 0.15) is 0 Å². The maximum Gasteiger partial charge on any atom is 0.160 e. The average Bonchev–Trinajstić information content (AvgIpc) is 2.28. The van der Waals surface area contributed by atoms with Gasteiger partial charge < -0.3 is 14.6 Å². The molecule has 2 unspecified atom stereocenters. The van der Waals surface area contributed by atoms with Gasteiger partial charge in [-0.2, -0.15) is 0 Å². The topological polar surface area (TPSA) is 38.7 Å². The Morgan fingerprint density at radius 1 is 1.33 bits per heavy atom. The molecule has 0 saturated carbocycles. The molecule has 1 heterocycles. The standard InChI is InChI=1S/C12H16O3/c13-11-6-7-14-12(8-11)15-9-10-4-2-1-3-5-10/h1-5,11-13H,6-9H2. The Labute approximate surface area is 89.6 Å². The summed E-state index contributed by atoms with van der Waals surface area (Å²) in [4.78, 5) is 0. The van der Waals surface area contributed by atoms with Crippen LogP contribution in [0.5, 0.6) is 0 Å². The van der Waals surface area contributed by atoms with Crippen LogP contribution in [0, 0.1) is 0 Å². The number of hydrogen-bond donors (Lipinski definition) is 1. The molecule has 2 atom stereocenters. The zero-order valence-corrected chi connectivity index (χ0v) is 8.63. The summed E-state index contributed by atoms with van der Waals surface area (Å²) < 4.78 is 10.9. The summed E-state index contributed by atoms with van der Waals surface area (Å²) in [5, 5.41) is 9.42. The zero-order chi connectivity index (χ0) is 10.5. The Hall–Kier alpha value is -0.900. The smallest absolute Gasteiger partial charge is 0.160 e. The molecule has 0 spiro atoms. The molecule has 1 saturated heterocycles. The molecule has 0 aromatic heterocycles. The van der Waals surface area contributed by atoms with Crippen molar-refractivity contribution >= 4 is 0 Å². The third-order valence-electron chi connectivity index (χ3n) is 2.50. The van der Waals surface area contributed by atoms with E-state index in [0.29, 0.717) is 26.1 Å². The third kappa shape index (κ3) is 3.30. The van der Waals surface area contributed by atoms with Crippen LogP contribution < -0.4 is 0 Å². The summed E-state index contributed by atoms with van der Waals surface area (Å²) in [6, 6.07) is 9.97. The van der Waals surface area contributed by atoms with E-state index in [0.717, 1.165) is 5.56 Å². The van der Waals surface area contributed by atoms with Gasteiger partial charge in [-0.1, -0.05) is 30.3 Å². The molecule has 0 aliphatic carbocycles. The van der Waals surface area contributed by atoms with Gasteiger partial charge in [0, 0.05) is 6.42 Å². The molecule has 1 aromatic carbocycles. The number of rotatable bonds is 3. The minimum absolute atomic E-state index is 0.256. The van der Waals surface area contributed by atoms with E-state index in [1.807, 2.05) is 30.3 Å². The fourth-order valence-electron chi connectivity index (χ4n) is 1.62. The zero-order valence-electron chi connectivity index (χ0n) is 8.63. The average molecular weight is 208 g/mol. The van der Waals surface area contributed by atoms with Gasteiger partial charge in [0.05, 0.1) is 19.3 Å². The Kier molecular flexibility index (Phi) is 3.72. The molecule has 1 N–H and O–H groups in total. The number of ether oxygens (including phenoxy) is 2. The second-order valence-corrected chi connectivity index (χ2v) is 3.78. The maximum absolute atomic E-state index is 9.42. The van der Waals surface area contributed by atoms with Crippen molar-refractivity contribution < 1.29 is 14.6 Å². The fourth-order valence-corrected chi connectivity index (χ4v) is 1.62. The molecule has 3 heteroatoms. The Balaban J connectivity index is 1.78. The highest BCUT2D eigenvalue weighted by molar-refractivity contribution is 5.13. The van der Waals surface area contributed by atoms with Gasteiger partial charge >= 0.3 is 0 Å². The lowest BCUT2D eigenvalue weighted by Gasteiger charge is -2.26. The molecule has 0 radical (unpaired) electrons. The normalized spacial score (nSPS) is 26.5. The van der Waals surface area contributed by atoms with Crippen molar-refractivity contribution in [3.63, 3.8) is 0 Å². The summed E-state index contributed by atoms with van der Waals surface area (Å²) in [7, 11) is 0. The first-order valence-electron chi connectivity index (χ1n) is 5.30. The first-order valence-corrected chi connectivity index (χ1v) is 5.30. The molecule has 82 valence electrons. The van der Waals surface area contributed by atoms with Crippen molar-refractivity contribution in [3.05, 3.63) is 35.9 Å². The first-order chi connectivity index (χ1) is 7.34. The van der Waals surface area contributed by atoms with Crippen molar-refractivity contribution in [2.24, 2.45) is 0 Å². The van der Waals surface area contributed by atoms with Crippen LogP contribution >= 0.6 is 0 Å². The number of aliphatic hydroxyl groups is 1. The maximum atomic E-state index is 9.42. The lowest BCUT2D eigenvalue weighted by molar-refractivity contribution is -0.190. The molecule has 1 fully saturated rings. The van der Waals surface area contributed by atoms with Crippen LogP contribution in [0.2, 0.25) is 0 Å². The van der Waals surface area contributed by atoms with Crippen LogP contribution in [0.15, 0.2) is 30.3 Å². The van der Waals surface area contributed by atoms with Crippen molar-refractivity contribution in [2.45, 2.75) is 31.8 Å². The Bertz CT molecular complexity index is 286. The molecule has 0 bridgehead atoms. The lowest BCUT2D eigenvalue weighted by atomic mass is 10.1. The minimum Gasteiger partial charge on any atom is -0.393 e. The predicted molar refractivity (Wildman–Crippen MR) is 56.2 cm³/mol. The van der Waals surface area contributed by atoms with Crippen LogP contribution in [-0.2, 0) is 16.1 Å². The Morgan fingerprint density at radius 2 is 2.13 bits per heavy atom. The van der Waals surface area contributed by atoms with Crippen LogP contribution in [0.3, 0.4) is 0 Å². The van der Waals surface area contributed by atoms with E-state index in [2.05, 4.69) is 0 Å². The van der Waals surface area contributed by atoms with Gasteiger partial charge in [-0.3, -0.25) is 0 Å². The molecule has 1 aromatic rings. The molecule has 0 amide bonds. The summed E-state index contributed by atoms with van der Waals surface area (Å²) in [6.45, 7) is 1.12. The summed E-state index contributed by atoms with van der Waals surface area (Å²) >= 11 is 0. The van der Waals surface area contributed by atoms with E-state index in [1.165, 1.54) is 0 Å². The van der Waals surface area contributed by atoms with E-state index in [1.54, 1.807) is 0 Å². The largest absolute Gasteiger partial charge is 0.393 e. The van der Waals surface area contributed by atoms with E-state index in [-0.39, 0.29) is 12.4 Å².